The number of hydrogen-bond acceptors (Lipinski definition) is 2. The summed E-state index contributed by atoms with van der Waals surface area (Å²) in [5, 5.41) is 11.2. The lowest BCUT2D eigenvalue weighted by Crippen LogP contribution is -2.17. The van der Waals surface area contributed by atoms with E-state index < -0.39 is 6.10 Å². The van der Waals surface area contributed by atoms with Crippen molar-refractivity contribution in [3.05, 3.63) is 42.1 Å². The topological polar surface area (TPSA) is 33.1 Å². The molecule has 2 aromatic rings. The molecule has 16 heavy (non-hydrogen) atoms. The van der Waals surface area contributed by atoms with Gasteiger partial charge in [-0.25, -0.2) is 0 Å². The van der Waals surface area contributed by atoms with Crippen LogP contribution in [0.2, 0.25) is 0 Å². The summed E-state index contributed by atoms with van der Waals surface area (Å²) in [4.78, 5) is 4.36. The molecule has 0 amide bonds. The average molecular weight is 215 g/mol. The van der Waals surface area contributed by atoms with Gasteiger partial charge in [0.1, 0.15) is 0 Å². The summed E-state index contributed by atoms with van der Waals surface area (Å²) < 4.78 is 0. The van der Waals surface area contributed by atoms with E-state index >= 15 is 0 Å². The van der Waals surface area contributed by atoms with Crippen LogP contribution in [0.4, 0.5) is 0 Å². The minimum Gasteiger partial charge on any atom is -0.388 e. The molecule has 1 aromatic carbocycles. The van der Waals surface area contributed by atoms with Crippen LogP contribution in [0.3, 0.4) is 0 Å². The quantitative estimate of drug-likeness (QED) is 0.791. The van der Waals surface area contributed by atoms with Crippen molar-refractivity contribution in [3.63, 3.8) is 0 Å². The molecule has 0 aliphatic carbocycles. The van der Waals surface area contributed by atoms with Crippen molar-refractivity contribution in [1.29, 1.82) is 0 Å². The molecule has 0 spiro atoms. The fourth-order valence-electron chi connectivity index (χ4n) is 1.74. The van der Waals surface area contributed by atoms with E-state index in [2.05, 4.69) is 4.98 Å². The largest absolute Gasteiger partial charge is 0.388 e. The Hall–Kier alpha value is -1.41. The van der Waals surface area contributed by atoms with Crippen LogP contribution in [-0.2, 0) is 0 Å². The first-order valence-electron chi connectivity index (χ1n) is 5.51. The molecule has 1 aromatic heterocycles. The maximum Gasteiger partial charge on any atom is 0.0853 e. The SMILES string of the molecule is CC(C)(C)C(O)c1cnc2ccccc2c1. The lowest BCUT2D eigenvalue weighted by atomic mass is 9.85. The van der Waals surface area contributed by atoms with E-state index in [0.717, 1.165) is 16.5 Å². The van der Waals surface area contributed by atoms with Crippen LogP contribution >= 0.6 is 0 Å². The Morgan fingerprint density at radius 3 is 2.56 bits per heavy atom. The van der Waals surface area contributed by atoms with Gasteiger partial charge in [-0.1, -0.05) is 39.0 Å². The van der Waals surface area contributed by atoms with Gasteiger partial charge in [-0.2, -0.15) is 0 Å². The number of aromatic nitrogens is 1. The van der Waals surface area contributed by atoms with Crippen LogP contribution in [0.5, 0.6) is 0 Å². The van der Waals surface area contributed by atoms with Gasteiger partial charge < -0.3 is 5.11 Å². The van der Waals surface area contributed by atoms with Crippen molar-refractivity contribution >= 4 is 10.9 Å². The molecule has 84 valence electrons. The monoisotopic (exact) mass is 215 g/mol. The van der Waals surface area contributed by atoms with Crippen molar-refractivity contribution in [2.75, 3.05) is 0 Å². The van der Waals surface area contributed by atoms with Gasteiger partial charge >= 0.3 is 0 Å². The average Bonchev–Trinajstić information content (AvgIpc) is 2.26. The van der Waals surface area contributed by atoms with E-state index in [-0.39, 0.29) is 5.41 Å². The van der Waals surface area contributed by atoms with E-state index in [1.807, 2.05) is 51.1 Å². The number of aliphatic hydroxyl groups is 1. The van der Waals surface area contributed by atoms with Crippen LogP contribution in [0.1, 0.15) is 32.4 Å². The molecule has 0 saturated carbocycles. The van der Waals surface area contributed by atoms with Crippen molar-refractivity contribution in [2.24, 2.45) is 5.41 Å². The van der Waals surface area contributed by atoms with E-state index in [4.69, 9.17) is 0 Å². The number of pyridine rings is 1. The van der Waals surface area contributed by atoms with Crippen molar-refractivity contribution in [2.45, 2.75) is 26.9 Å². The van der Waals surface area contributed by atoms with Crippen LogP contribution in [-0.4, -0.2) is 10.1 Å². The predicted octanol–water partition coefficient (Wildman–Crippen LogP) is 3.31. The fraction of sp³-hybridized carbons (Fsp3) is 0.357. The Morgan fingerprint density at radius 1 is 1.19 bits per heavy atom. The van der Waals surface area contributed by atoms with Gasteiger partial charge in [0.25, 0.3) is 0 Å². The molecule has 1 N–H and O–H groups in total. The van der Waals surface area contributed by atoms with Gasteiger partial charge in [-0.3, -0.25) is 4.98 Å². The third-order valence-electron chi connectivity index (χ3n) is 2.75. The fourth-order valence-corrected chi connectivity index (χ4v) is 1.74. The summed E-state index contributed by atoms with van der Waals surface area (Å²) >= 11 is 0. The molecule has 0 radical (unpaired) electrons. The maximum atomic E-state index is 10.2. The van der Waals surface area contributed by atoms with Crippen molar-refractivity contribution in [1.82, 2.24) is 4.98 Å². The molecule has 0 saturated heterocycles. The van der Waals surface area contributed by atoms with Crippen molar-refractivity contribution in [3.8, 4) is 0 Å². The molecule has 2 nitrogen and oxygen atoms in total. The van der Waals surface area contributed by atoms with Gasteiger partial charge in [0.2, 0.25) is 0 Å². The zero-order valence-corrected chi connectivity index (χ0v) is 9.94. The number of benzene rings is 1. The standard InChI is InChI=1S/C14H17NO/c1-14(2,3)13(16)11-8-10-6-4-5-7-12(10)15-9-11/h4-9,13,16H,1-3H3. The minimum absolute atomic E-state index is 0.163. The van der Waals surface area contributed by atoms with Gasteiger partial charge in [-0.05, 0) is 23.1 Å². The number of rotatable bonds is 1. The van der Waals surface area contributed by atoms with Crippen LogP contribution in [0.25, 0.3) is 10.9 Å². The highest BCUT2D eigenvalue weighted by molar-refractivity contribution is 5.78. The second-order valence-electron chi connectivity index (χ2n) is 5.23. The van der Waals surface area contributed by atoms with Crippen LogP contribution in [0.15, 0.2) is 36.5 Å². The summed E-state index contributed by atoms with van der Waals surface area (Å²) in [5.74, 6) is 0. The summed E-state index contributed by atoms with van der Waals surface area (Å²) in [6.45, 7) is 6.06. The van der Waals surface area contributed by atoms with Crippen LogP contribution in [0, 0.1) is 5.41 Å². The molecule has 0 aliphatic heterocycles. The highest BCUT2D eigenvalue weighted by atomic mass is 16.3. The molecule has 1 unspecified atom stereocenters. The van der Waals surface area contributed by atoms with Gasteiger partial charge in [0.15, 0.2) is 0 Å². The number of nitrogens with zero attached hydrogens (tertiary/aromatic N) is 1. The van der Waals surface area contributed by atoms with Gasteiger partial charge in [0, 0.05) is 11.6 Å². The third kappa shape index (κ3) is 2.07. The van der Waals surface area contributed by atoms with E-state index in [1.165, 1.54) is 0 Å². The zero-order valence-electron chi connectivity index (χ0n) is 9.94. The molecule has 0 bridgehead atoms. The molecular formula is C14H17NO. The van der Waals surface area contributed by atoms with Crippen molar-refractivity contribution < 1.29 is 5.11 Å². The lowest BCUT2D eigenvalue weighted by Gasteiger charge is -2.26. The Morgan fingerprint density at radius 2 is 1.88 bits per heavy atom. The Kier molecular flexibility index (Phi) is 2.68. The Bertz CT molecular complexity index is 499. The summed E-state index contributed by atoms with van der Waals surface area (Å²) in [7, 11) is 0. The van der Waals surface area contributed by atoms with E-state index in [9.17, 15) is 5.11 Å². The zero-order chi connectivity index (χ0) is 11.8. The smallest absolute Gasteiger partial charge is 0.0853 e. The van der Waals surface area contributed by atoms with E-state index in [0.29, 0.717) is 0 Å². The maximum absolute atomic E-state index is 10.2. The highest BCUT2D eigenvalue weighted by Crippen LogP contribution is 2.32. The Labute approximate surface area is 96.0 Å². The molecule has 0 fully saturated rings. The molecule has 2 rings (SSSR count). The Balaban J connectivity index is 2.47. The highest BCUT2D eigenvalue weighted by Gasteiger charge is 2.24. The number of aliphatic hydroxyl groups excluding tert-OH is 1. The first-order chi connectivity index (χ1) is 7.48. The molecule has 0 aliphatic rings. The molecular weight excluding hydrogens is 198 g/mol. The predicted molar refractivity (Wildman–Crippen MR) is 66.2 cm³/mol. The molecule has 1 atom stereocenters. The van der Waals surface area contributed by atoms with Crippen LogP contribution < -0.4 is 0 Å². The third-order valence-corrected chi connectivity index (χ3v) is 2.75. The summed E-state index contributed by atoms with van der Waals surface area (Å²) in [6.07, 6.45) is 1.28. The number of fused-ring (bicyclic) bond motifs is 1. The summed E-state index contributed by atoms with van der Waals surface area (Å²) in [5.41, 5.74) is 1.68. The number of hydrogen-bond donors (Lipinski definition) is 1. The second kappa shape index (κ2) is 3.87. The first-order valence-corrected chi connectivity index (χ1v) is 5.51. The second-order valence-corrected chi connectivity index (χ2v) is 5.23. The van der Waals surface area contributed by atoms with Gasteiger partial charge in [-0.15, -0.1) is 0 Å². The normalized spacial score (nSPS) is 14.0. The first kappa shape index (κ1) is 11.1. The number of para-hydroxylation sites is 1. The molecule has 2 heteroatoms. The minimum atomic E-state index is -0.482. The lowest BCUT2D eigenvalue weighted by molar-refractivity contribution is 0.0625. The molecule has 1 heterocycles. The van der Waals surface area contributed by atoms with E-state index in [1.54, 1.807) is 6.20 Å². The van der Waals surface area contributed by atoms with Gasteiger partial charge in [0.05, 0.1) is 11.6 Å². The summed E-state index contributed by atoms with van der Waals surface area (Å²) in [6, 6.07) is 9.95.